The Hall–Kier alpha value is -1.10. The summed E-state index contributed by atoms with van der Waals surface area (Å²) in [6.45, 7) is 14.2. The Labute approximate surface area is 226 Å². The van der Waals surface area contributed by atoms with Crippen molar-refractivity contribution in [3.63, 3.8) is 0 Å². The number of nitrogens with one attached hydrogen (secondary N) is 2. The number of hydrogen-bond donors (Lipinski definition) is 2. The molecule has 0 aliphatic heterocycles. The molecule has 0 heterocycles. The molecule has 2 amide bonds. The van der Waals surface area contributed by atoms with Gasteiger partial charge in [0, 0.05) is 20.0 Å². The molecular formula is C32H54N2O3. The van der Waals surface area contributed by atoms with E-state index in [9.17, 15) is 9.59 Å². The average Bonchev–Trinajstić information content (AvgIpc) is 3.29. The monoisotopic (exact) mass is 514 g/mol. The summed E-state index contributed by atoms with van der Waals surface area (Å²) in [5.41, 5.74) is 1.12. The molecule has 210 valence electrons. The molecule has 0 aromatic heterocycles. The quantitative estimate of drug-likeness (QED) is 0.403. The van der Waals surface area contributed by atoms with Gasteiger partial charge in [-0.1, -0.05) is 47.0 Å². The maximum absolute atomic E-state index is 13.8. The lowest BCUT2D eigenvalue weighted by Crippen LogP contribution is -2.65. The van der Waals surface area contributed by atoms with Crippen molar-refractivity contribution >= 4 is 11.8 Å². The molecule has 8 unspecified atom stereocenters. The van der Waals surface area contributed by atoms with Gasteiger partial charge in [-0.3, -0.25) is 9.59 Å². The van der Waals surface area contributed by atoms with Crippen LogP contribution >= 0.6 is 0 Å². The molecule has 5 aliphatic carbocycles. The van der Waals surface area contributed by atoms with Crippen LogP contribution in [0.4, 0.5) is 0 Å². The first-order chi connectivity index (χ1) is 17.6. The third kappa shape index (κ3) is 4.28. The Morgan fingerprint density at radius 1 is 0.757 bits per heavy atom. The summed E-state index contributed by atoms with van der Waals surface area (Å²) in [7, 11) is 0. The van der Waals surface area contributed by atoms with E-state index < -0.39 is 0 Å². The van der Waals surface area contributed by atoms with E-state index in [1.54, 1.807) is 0 Å². The molecule has 37 heavy (non-hydrogen) atoms. The predicted octanol–water partition coefficient (Wildman–Crippen LogP) is 6.11. The highest BCUT2D eigenvalue weighted by Crippen LogP contribution is 2.75. The second-order valence-electron chi connectivity index (χ2n) is 14.6. The van der Waals surface area contributed by atoms with Crippen molar-refractivity contribution in [3.8, 4) is 0 Å². The van der Waals surface area contributed by atoms with Crippen LogP contribution in [0.25, 0.3) is 0 Å². The SMILES string of the molecule is CC(=O)NCCOCCNC(=O)C12CCCC1C1CCC3C4(C)CCCC(C)C4CCC3(C)[C@]1(C)CC2. The fourth-order valence-electron chi connectivity index (χ4n) is 11.5. The molecule has 0 aromatic rings. The minimum atomic E-state index is -0.163. The molecule has 5 aliphatic rings. The third-order valence-electron chi connectivity index (χ3n) is 13.4. The molecule has 5 saturated carbocycles. The lowest BCUT2D eigenvalue weighted by molar-refractivity contribution is -0.225. The first kappa shape index (κ1) is 27.5. The number of amides is 2. The maximum atomic E-state index is 13.8. The fourth-order valence-corrected chi connectivity index (χ4v) is 11.5. The minimum absolute atomic E-state index is 0.0362. The molecule has 5 fully saturated rings. The van der Waals surface area contributed by atoms with Crippen LogP contribution in [0.3, 0.4) is 0 Å². The van der Waals surface area contributed by atoms with Gasteiger partial charge in [-0.15, -0.1) is 0 Å². The number of hydrogen-bond acceptors (Lipinski definition) is 3. The van der Waals surface area contributed by atoms with Crippen LogP contribution in [0.1, 0.15) is 112 Å². The van der Waals surface area contributed by atoms with Crippen molar-refractivity contribution in [2.75, 3.05) is 26.3 Å². The Kier molecular flexibility index (Phi) is 7.53. The van der Waals surface area contributed by atoms with Crippen LogP contribution in [-0.2, 0) is 14.3 Å². The molecule has 0 radical (unpaired) electrons. The van der Waals surface area contributed by atoms with E-state index in [1.165, 1.54) is 71.1 Å². The van der Waals surface area contributed by atoms with Crippen molar-refractivity contribution < 1.29 is 14.3 Å². The fraction of sp³-hybridized carbons (Fsp3) is 0.938. The summed E-state index contributed by atoms with van der Waals surface area (Å²) in [6.07, 6.45) is 15.6. The van der Waals surface area contributed by atoms with Gasteiger partial charge in [-0.25, -0.2) is 0 Å². The number of ether oxygens (including phenoxy) is 1. The van der Waals surface area contributed by atoms with Gasteiger partial charge in [0.25, 0.3) is 0 Å². The molecule has 5 rings (SSSR count). The largest absolute Gasteiger partial charge is 0.378 e. The lowest BCUT2D eigenvalue weighted by atomic mass is 9.33. The lowest BCUT2D eigenvalue weighted by Gasteiger charge is -2.71. The van der Waals surface area contributed by atoms with Crippen molar-refractivity contribution in [2.45, 2.75) is 112 Å². The number of carbonyl (C=O) groups excluding carboxylic acids is 2. The Morgan fingerprint density at radius 2 is 1.49 bits per heavy atom. The molecule has 0 saturated heterocycles. The van der Waals surface area contributed by atoms with E-state index in [0.29, 0.717) is 60.3 Å². The topological polar surface area (TPSA) is 67.4 Å². The first-order valence-corrected chi connectivity index (χ1v) is 15.7. The zero-order valence-electron chi connectivity index (χ0n) is 24.4. The minimum Gasteiger partial charge on any atom is -0.378 e. The molecule has 5 nitrogen and oxygen atoms in total. The van der Waals surface area contributed by atoms with E-state index in [4.69, 9.17) is 4.74 Å². The van der Waals surface area contributed by atoms with Gasteiger partial charge in [0.1, 0.15) is 0 Å². The van der Waals surface area contributed by atoms with Gasteiger partial charge in [0.05, 0.1) is 18.6 Å². The molecular weight excluding hydrogens is 460 g/mol. The molecule has 2 N–H and O–H groups in total. The summed E-state index contributed by atoms with van der Waals surface area (Å²) in [5, 5.41) is 6.03. The van der Waals surface area contributed by atoms with E-state index in [0.717, 1.165) is 30.6 Å². The Morgan fingerprint density at radius 3 is 2.24 bits per heavy atom. The van der Waals surface area contributed by atoms with Crippen LogP contribution in [0, 0.1) is 51.2 Å². The zero-order valence-corrected chi connectivity index (χ0v) is 24.4. The van der Waals surface area contributed by atoms with Crippen molar-refractivity contribution in [3.05, 3.63) is 0 Å². The van der Waals surface area contributed by atoms with Crippen LogP contribution in [-0.4, -0.2) is 38.1 Å². The van der Waals surface area contributed by atoms with Crippen molar-refractivity contribution in [2.24, 2.45) is 51.2 Å². The van der Waals surface area contributed by atoms with E-state index in [-0.39, 0.29) is 11.3 Å². The van der Waals surface area contributed by atoms with Crippen LogP contribution in [0.15, 0.2) is 0 Å². The zero-order chi connectivity index (χ0) is 26.5. The first-order valence-electron chi connectivity index (χ1n) is 15.7. The van der Waals surface area contributed by atoms with Gasteiger partial charge >= 0.3 is 0 Å². The number of carbonyl (C=O) groups is 2. The van der Waals surface area contributed by atoms with Gasteiger partial charge in [-0.2, -0.15) is 0 Å². The Bertz CT molecular complexity index is 876. The number of rotatable bonds is 7. The molecule has 0 spiro atoms. The summed E-state index contributed by atoms with van der Waals surface area (Å²) < 4.78 is 5.64. The molecule has 0 bridgehead atoms. The second-order valence-corrected chi connectivity index (χ2v) is 14.6. The molecule has 0 aromatic carbocycles. The molecule has 9 atom stereocenters. The van der Waals surface area contributed by atoms with E-state index in [1.807, 2.05) is 0 Å². The van der Waals surface area contributed by atoms with Gasteiger partial charge in [-0.05, 0) is 104 Å². The number of fused-ring (bicyclic) bond motifs is 7. The van der Waals surface area contributed by atoms with E-state index in [2.05, 4.69) is 38.3 Å². The summed E-state index contributed by atoms with van der Waals surface area (Å²) >= 11 is 0. The maximum Gasteiger partial charge on any atom is 0.226 e. The Balaban J connectivity index is 1.27. The average molecular weight is 515 g/mol. The highest BCUT2D eigenvalue weighted by atomic mass is 16.5. The highest BCUT2D eigenvalue weighted by molar-refractivity contribution is 5.83. The van der Waals surface area contributed by atoms with Gasteiger partial charge < -0.3 is 15.4 Å². The molecule has 5 heteroatoms. The van der Waals surface area contributed by atoms with Gasteiger partial charge in [0.15, 0.2) is 0 Å². The predicted molar refractivity (Wildman–Crippen MR) is 148 cm³/mol. The third-order valence-corrected chi connectivity index (χ3v) is 13.4. The van der Waals surface area contributed by atoms with Crippen LogP contribution < -0.4 is 10.6 Å². The van der Waals surface area contributed by atoms with Gasteiger partial charge in [0.2, 0.25) is 11.8 Å². The smallest absolute Gasteiger partial charge is 0.226 e. The summed E-state index contributed by atoms with van der Waals surface area (Å²) in [5.74, 6) is 4.14. The van der Waals surface area contributed by atoms with Crippen LogP contribution in [0.2, 0.25) is 0 Å². The second kappa shape index (κ2) is 10.1. The summed E-state index contributed by atoms with van der Waals surface area (Å²) in [4.78, 5) is 24.8. The van der Waals surface area contributed by atoms with E-state index >= 15 is 0 Å². The van der Waals surface area contributed by atoms with Crippen LogP contribution in [0.5, 0.6) is 0 Å². The highest BCUT2D eigenvalue weighted by Gasteiger charge is 2.69. The van der Waals surface area contributed by atoms with Crippen molar-refractivity contribution in [1.82, 2.24) is 10.6 Å². The van der Waals surface area contributed by atoms with Crippen molar-refractivity contribution in [1.29, 1.82) is 0 Å². The summed E-state index contributed by atoms with van der Waals surface area (Å²) in [6, 6.07) is 0. The standard InChI is InChI=1S/C32H54N2O3/c1-22-8-6-13-29(3)24(22)12-15-31(5)27(29)11-10-25-26-9-7-14-32(26,17-16-30(25,31)4)28(36)34-19-21-37-20-18-33-23(2)35/h22,24-27H,6-21H2,1-5H3,(H,33,35)(H,34,36)/t22?,24?,25?,26?,27?,29?,30-,31?,32?/m1/s1. The normalized spacial score (nSPS) is 46.7.